The summed E-state index contributed by atoms with van der Waals surface area (Å²) in [5.41, 5.74) is 2.62. The highest BCUT2D eigenvalue weighted by Gasteiger charge is 2.02. The second-order valence-corrected chi connectivity index (χ2v) is 4.75. The second-order valence-electron chi connectivity index (χ2n) is 4.75. The molecule has 0 saturated heterocycles. The van der Waals surface area contributed by atoms with Crippen molar-refractivity contribution in [2.75, 3.05) is 6.54 Å². The predicted octanol–water partition coefficient (Wildman–Crippen LogP) is 3.10. The first-order chi connectivity index (χ1) is 10.3. The van der Waals surface area contributed by atoms with Crippen LogP contribution in [0.5, 0.6) is 0 Å². The number of hydrogen-bond acceptors (Lipinski definition) is 2. The lowest BCUT2D eigenvalue weighted by atomic mass is 10.1. The van der Waals surface area contributed by atoms with Gasteiger partial charge in [-0.2, -0.15) is 0 Å². The molecule has 0 bridgehead atoms. The smallest absolute Gasteiger partial charge is 0.191 e. The molecule has 0 unspecified atom stereocenters. The monoisotopic (exact) mass is 285 g/mol. The summed E-state index contributed by atoms with van der Waals surface area (Å²) in [6.07, 6.45) is 2.71. The van der Waals surface area contributed by atoms with Gasteiger partial charge in [-0.1, -0.05) is 31.2 Å². The van der Waals surface area contributed by atoms with Gasteiger partial charge in [0, 0.05) is 6.54 Å². The van der Waals surface area contributed by atoms with Crippen molar-refractivity contribution < 1.29 is 4.42 Å². The number of guanidine groups is 1. The maximum absolute atomic E-state index is 5.32. The van der Waals surface area contributed by atoms with E-state index in [1.54, 1.807) is 6.26 Å². The summed E-state index contributed by atoms with van der Waals surface area (Å²) in [7, 11) is 0. The van der Waals surface area contributed by atoms with Gasteiger partial charge in [0.1, 0.15) is 5.76 Å². The van der Waals surface area contributed by atoms with Crippen molar-refractivity contribution in [3.63, 3.8) is 0 Å². The Morgan fingerprint density at radius 1 is 1.05 bits per heavy atom. The van der Waals surface area contributed by atoms with Gasteiger partial charge in [0.05, 0.1) is 19.4 Å². The van der Waals surface area contributed by atoms with Gasteiger partial charge in [0.15, 0.2) is 5.96 Å². The zero-order valence-electron chi connectivity index (χ0n) is 12.7. The molecular weight excluding hydrogens is 262 g/mol. The Morgan fingerprint density at radius 3 is 2.52 bits per heavy atom. The Hall–Kier alpha value is -2.23. The number of furan rings is 1. The molecule has 0 saturated carbocycles. The third-order valence-corrected chi connectivity index (χ3v) is 3.26. The Labute approximate surface area is 126 Å². The molecule has 0 aliphatic rings. The molecule has 4 nitrogen and oxygen atoms in total. The molecule has 0 spiro atoms. The van der Waals surface area contributed by atoms with Gasteiger partial charge < -0.3 is 15.1 Å². The normalized spacial score (nSPS) is 11.4. The molecule has 2 aromatic rings. The van der Waals surface area contributed by atoms with Crippen LogP contribution in [0.2, 0.25) is 0 Å². The van der Waals surface area contributed by atoms with Gasteiger partial charge >= 0.3 is 0 Å². The SMILES string of the molecule is CCNC(=NCc1ccccc1CC)NCc1ccco1. The molecular formula is C17H23N3O. The molecule has 2 rings (SSSR count). The largest absolute Gasteiger partial charge is 0.467 e. The summed E-state index contributed by atoms with van der Waals surface area (Å²) in [6.45, 7) is 6.37. The van der Waals surface area contributed by atoms with Crippen LogP contribution < -0.4 is 10.6 Å². The van der Waals surface area contributed by atoms with Crippen LogP contribution in [0, 0.1) is 0 Å². The van der Waals surface area contributed by atoms with E-state index in [0.717, 1.165) is 24.7 Å². The fourth-order valence-electron chi connectivity index (χ4n) is 2.15. The lowest BCUT2D eigenvalue weighted by molar-refractivity contribution is 0.501. The van der Waals surface area contributed by atoms with Gasteiger partial charge in [-0.15, -0.1) is 0 Å². The summed E-state index contributed by atoms with van der Waals surface area (Å²) in [5.74, 6) is 1.70. The minimum atomic E-state index is 0.633. The van der Waals surface area contributed by atoms with E-state index >= 15 is 0 Å². The Kier molecular flexibility index (Phi) is 5.88. The molecule has 1 heterocycles. The van der Waals surface area contributed by atoms with E-state index in [-0.39, 0.29) is 0 Å². The summed E-state index contributed by atoms with van der Waals surface area (Å²) in [4.78, 5) is 4.64. The number of rotatable bonds is 6. The van der Waals surface area contributed by atoms with Crippen molar-refractivity contribution >= 4 is 5.96 Å². The average Bonchev–Trinajstić information content (AvgIpc) is 3.03. The molecule has 4 heteroatoms. The molecule has 2 N–H and O–H groups in total. The van der Waals surface area contributed by atoms with Crippen LogP contribution in [0.15, 0.2) is 52.1 Å². The molecule has 112 valence electrons. The number of nitrogens with one attached hydrogen (secondary N) is 2. The third kappa shape index (κ3) is 4.67. The van der Waals surface area contributed by atoms with E-state index in [9.17, 15) is 0 Å². The average molecular weight is 285 g/mol. The fraction of sp³-hybridized carbons (Fsp3) is 0.353. The van der Waals surface area contributed by atoms with Crippen molar-refractivity contribution in [2.24, 2.45) is 4.99 Å². The van der Waals surface area contributed by atoms with Crippen LogP contribution in [0.1, 0.15) is 30.7 Å². The molecule has 0 aliphatic heterocycles. The first-order valence-electron chi connectivity index (χ1n) is 7.44. The Morgan fingerprint density at radius 2 is 1.86 bits per heavy atom. The number of hydrogen-bond donors (Lipinski definition) is 2. The molecule has 0 fully saturated rings. The standard InChI is InChI=1S/C17H23N3O/c1-3-14-8-5-6-9-15(14)12-19-17(18-4-2)20-13-16-10-7-11-21-16/h5-11H,3-4,12-13H2,1-2H3,(H2,18,19,20). The van der Waals surface area contributed by atoms with Gasteiger partial charge in [-0.3, -0.25) is 0 Å². The minimum absolute atomic E-state index is 0.633. The predicted molar refractivity (Wildman–Crippen MR) is 86.2 cm³/mol. The van der Waals surface area contributed by atoms with Gasteiger partial charge in [0.2, 0.25) is 0 Å². The summed E-state index contributed by atoms with van der Waals surface area (Å²) in [6, 6.07) is 12.3. The van der Waals surface area contributed by atoms with Gasteiger partial charge in [-0.25, -0.2) is 4.99 Å². The molecule has 1 aromatic heterocycles. The molecule has 0 amide bonds. The third-order valence-electron chi connectivity index (χ3n) is 3.26. The highest BCUT2D eigenvalue weighted by molar-refractivity contribution is 5.79. The van der Waals surface area contributed by atoms with Crippen molar-refractivity contribution in [3.05, 3.63) is 59.5 Å². The second kappa shape index (κ2) is 8.15. The maximum Gasteiger partial charge on any atom is 0.191 e. The van der Waals surface area contributed by atoms with Gasteiger partial charge in [-0.05, 0) is 36.6 Å². The summed E-state index contributed by atoms with van der Waals surface area (Å²) < 4.78 is 5.32. The van der Waals surface area contributed by atoms with Crippen LogP contribution in [-0.2, 0) is 19.5 Å². The van der Waals surface area contributed by atoms with Gasteiger partial charge in [0.25, 0.3) is 0 Å². The summed E-state index contributed by atoms with van der Waals surface area (Å²) in [5, 5.41) is 6.53. The highest BCUT2D eigenvalue weighted by atomic mass is 16.3. The highest BCUT2D eigenvalue weighted by Crippen LogP contribution is 2.10. The lowest BCUT2D eigenvalue weighted by Gasteiger charge is -2.11. The first-order valence-corrected chi connectivity index (χ1v) is 7.44. The van der Waals surface area contributed by atoms with E-state index in [1.807, 2.05) is 12.1 Å². The molecule has 21 heavy (non-hydrogen) atoms. The quantitative estimate of drug-likeness (QED) is 0.633. The molecule has 0 aliphatic carbocycles. The Bertz CT molecular complexity index is 561. The number of aryl methyl sites for hydroxylation is 1. The fourth-order valence-corrected chi connectivity index (χ4v) is 2.15. The zero-order valence-corrected chi connectivity index (χ0v) is 12.7. The van der Waals surface area contributed by atoms with Crippen molar-refractivity contribution in [2.45, 2.75) is 33.4 Å². The summed E-state index contributed by atoms with van der Waals surface area (Å²) >= 11 is 0. The molecule has 1 aromatic carbocycles. The van der Waals surface area contributed by atoms with Crippen molar-refractivity contribution in [3.8, 4) is 0 Å². The lowest BCUT2D eigenvalue weighted by Crippen LogP contribution is -2.36. The van der Waals surface area contributed by atoms with E-state index in [4.69, 9.17) is 4.42 Å². The van der Waals surface area contributed by atoms with Crippen LogP contribution in [-0.4, -0.2) is 12.5 Å². The van der Waals surface area contributed by atoms with Crippen LogP contribution in [0.25, 0.3) is 0 Å². The minimum Gasteiger partial charge on any atom is -0.467 e. The van der Waals surface area contributed by atoms with Crippen LogP contribution in [0.3, 0.4) is 0 Å². The van der Waals surface area contributed by atoms with E-state index in [2.05, 4.69) is 53.7 Å². The van der Waals surface area contributed by atoms with E-state index in [0.29, 0.717) is 13.1 Å². The molecule has 0 atom stereocenters. The Balaban J connectivity index is 1.99. The maximum atomic E-state index is 5.32. The molecule has 0 radical (unpaired) electrons. The first kappa shape index (κ1) is 15.2. The number of benzene rings is 1. The topological polar surface area (TPSA) is 49.6 Å². The van der Waals surface area contributed by atoms with Crippen LogP contribution >= 0.6 is 0 Å². The number of nitrogens with zero attached hydrogens (tertiary/aromatic N) is 1. The van der Waals surface area contributed by atoms with E-state index in [1.165, 1.54) is 11.1 Å². The van der Waals surface area contributed by atoms with Crippen molar-refractivity contribution in [1.82, 2.24) is 10.6 Å². The van der Waals surface area contributed by atoms with Crippen LogP contribution in [0.4, 0.5) is 0 Å². The zero-order chi connectivity index (χ0) is 14.9. The van der Waals surface area contributed by atoms with E-state index < -0.39 is 0 Å². The van der Waals surface area contributed by atoms with Crippen molar-refractivity contribution in [1.29, 1.82) is 0 Å². The number of aliphatic imine (C=N–C) groups is 1.